The van der Waals surface area contributed by atoms with E-state index in [0.717, 1.165) is 19.1 Å². The number of ether oxygens (including phenoxy) is 1. The van der Waals surface area contributed by atoms with Crippen molar-refractivity contribution in [1.82, 2.24) is 5.32 Å². The van der Waals surface area contributed by atoms with Crippen LogP contribution in [-0.4, -0.2) is 19.1 Å². The van der Waals surface area contributed by atoms with E-state index in [1.807, 2.05) is 19.1 Å². The van der Waals surface area contributed by atoms with Crippen molar-refractivity contribution in [1.29, 1.82) is 0 Å². The molecule has 3 N–H and O–H groups in total. The van der Waals surface area contributed by atoms with Crippen LogP contribution in [0.15, 0.2) is 29.3 Å². The molecule has 20 heavy (non-hydrogen) atoms. The Morgan fingerprint density at radius 3 is 2.75 bits per heavy atom. The molecule has 4 heteroatoms. The molecule has 0 amide bonds. The smallest absolute Gasteiger partial charge is 0.188 e. The molecule has 1 aliphatic rings. The molecule has 1 aromatic carbocycles. The summed E-state index contributed by atoms with van der Waals surface area (Å²) in [4.78, 5) is 4.42. The van der Waals surface area contributed by atoms with Gasteiger partial charge in [0.2, 0.25) is 0 Å². The highest BCUT2D eigenvalue weighted by Crippen LogP contribution is 2.24. The molecule has 0 radical (unpaired) electrons. The first-order valence-corrected chi connectivity index (χ1v) is 7.48. The van der Waals surface area contributed by atoms with Crippen molar-refractivity contribution in [3.63, 3.8) is 0 Å². The van der Waals surface area contributed by atoms with Crippen LogP contribution in [0.25, 0.3) is 0 Å². The minimum atomic E-state index is 0.545. The van der Waals surface area contributed by atoms with Gasteiger partial charge in [-0.1, -0.05) is 30.7 Å². The number of nitrogens with one attached hydrogen (secondary N) is 1. The number of guanidine groups is 1. The fourth-order valence-electron chi connectivity index (χ4n) is 2.24. The van der Waals surface area contributed by atoms with Crippen molar-refractivity contribution in [2.75, 3.05) is 13.2 Å². The molecule has 0 spiro atoms. The lowest BCUT2D eigenvalue weighted by atomic mass is 9.85. The Kier molecular flexibility index (Phi) is 5.87. The van der Waals surface area contributed by atoms with E-state index >= 15 is 0 Å². The summed E-state index contributed by atoms with van der Waals surface area (Å²) >= 11 is 0. The summed E-state index contributed by atoms with van der Waals surface area (Å²) in [5.41, 5.74) is 8.27. The predicted octanol–water partition coefficient (Wildman–Crippen LogP) is 2.43. The van der Waals surface area contributed by atoms with Crippen LogP contribution in [-0.2, 0) is 17.9 Å². The monoisotopic (exact) mass is 275 g/mol. The average molecular weight is 275 g/mol. The normalized spacial score (nSPS) is 15.9. The molecule has 1 fully saturated rings. The number of nitrogens with two attached hydrogens (primary N) is 1. The summed E-state index contributed by atoms with van der Waals surface area (Å²) in [6, 6.07) is 8.22. The van der Waals surface area contributed by atoms with Gasteiger partial charge < -0.3 is 15.8 Å². The summed E-state index contributed by atoms with van der Waals surface area (Å²) < 4.78 is 5.47. The van der Waals surface area contributed by atoms with Gasteiger partial charge in [0.15, 0.2) is 5.96 Å². The van der Waals surface area contributed by atoms with Crippen LogP contribution in [0.4, 0.5) is 0 Å². The highest BCUT2D eigenvalue weighted by atomic mass is 16.5. The second-order valence-electron chi connectivity index (χ2n) is 5.29. The Bertz CT molecular complexity index is 441. The zero-order valence-electron chi connectivity index (χ0n) is 12.3. The predicted molar refractivity (Wildman–Crippen MR) is 82.4 cm³/mol. The van der Waals surface area contributed by atoms with Gasteiger partial charge in [-0.05, 0) is 36.8 Å². The Morgan fingerprint density at radius 2 is 2.10 bits per heavy atom. The number of benzene rings is 1. The van der Waals surface area contributed by atoms with Crippen LogP contribution in [0.2, 0.25) is 0 Å². The molecule has 0 aromatic heterocycles. The van der Waals surface area contributed by atoms with E-state index in [1.54, 1.807) is 0 Å². The first kappa shape index (κ1) is 14.9. The second kappa shape index (κ2) is 7.90. The summed E-state index contributed by atoms with van der Waals surface area (Å²) in [5, 5.41) is 3.21. The van der Waals surface area contributed by atoms with Gasteiger partial charge in [0.25, 0.3) is 0 Å². The average Bonchev–Trinajstić information content (AvgIpc) is 2.42. The van der Waals surface area contributed by atoms with Crippen molar-refractivity contribution >= 4 is 5.96 Å². The second-order valence-corrected chi connectivity index (χ2v) is 5.29. The quantitative estimate of drug-likeness (QED) is 0.593. The van der Waals surface area contributed by atoms with Crippen molar-refractivity contribution < 1.29 is 4.74 Å². The standard InChI is InChI=1S/C16H25N3O/c1-2-20-12-15-9-4-3-8-14(15)11-19-16(17)18-10-13-6-5-7-13/h3-4,8-9,13H,2,5-7,10-12H2,1H3,(H3,17,18,19). The Morgan fingerprint density at radius 1 is 1.35 bits per heavy atom. The third-order valence-corrected chi connectivity index (χ3v) is 3.80. The number of aliphatic imine (C=N–C) groups is 1. The van der Waals surface area contributed by atoms with Gasteiger partial charge in [0.1, 0.15) is 0 Å². The summed E-state index contributed by atoms with van der Waals surface area (Å²) in [5.74, 6) is 1.33. The van der Waals surface area contributed by atoms with Gasteiger partial charge in [-0.25, -0.2) is 4.99 Å². The summed E-state index contributed by atoms with van der Waals surface area (Å²) in [7, 11) is 0. The van der Waals surface area contributed by atoms with E-state index < -0.39 is 0 Å². The maximum Gasteiger partial charge on any atom is 0.188 e. The molecule has 0 unspecified atom stereocenters. The van der Waals surface area contributed by atoms with Crippen molar-refractivity contribution in [2.45, 2.75) is 39.3 Å². The van der Waals surface area contributed by atoms with Gasteiger partial charge in [0.05, 0.1) is 13.2 Å². The highest BCUT2D eigenvalue weighted by Gasteiger charge is 2.16. The minimum Gasteiger partial charge on any atom is -0.377 e. The molecule has 1 saturated carbocycles. The number of nitrogens with zero attached hydrogens (tertiary/aromatic N) is 1. The van der Waals surface area contributed by atoms with Crippen LogP contribution in [0.1, 0.15) is 37.3 Å². The molecular weight excluding hydrogens is 250 g/mol. The highest BCUT2D eigenvalue weighted by molar-refractivity contribution is 5.77. The van der Waals surface area contributed by atoms with E-state index in [-0.39, 0.29) is 0 Å². The molecule has 110 valence electrons. The maximum atomic E-state index is 5.91. The molecule has 0 bridgehead atoms. The first-order valence-electron chi connectivity index (χ1n) is 7.48. The van der Waals surface area contributed by atoms with E-state index in [0.29, 0.717) is 19.1 Å². The Hall–Kier alpha value is -1.55. The molecule has 0 heterocycles. The molecular formula is C16H25N3O. The molecule has 0 saturated heterocycles. The van der Waals surface area contributed by atoms with E-state index in [4.69, 9.17) is 10.5 Å². The SMILES string of the molecule is CCOCc1ccccc1CN=C(N)NCC1CCC1. The molecule has 4 nitrogen and oxygen atoms in total. The van der Waals surface area contributed by atoms with E-state index in [9.17, 15) is 0 Å². The molecule has 2 rings (SSSR count). The molecule has 0 aliphatic heterocycles. The van der Waals surface area contributed by atoms with Crippen molar-refractivity contribution in [3.05, 3.63) is 35.4 Å². The number of hydrogen-bond donors (Lipinski definition) is 2. The third kappa shape index (κ3) is 4.53. The number of hydrogen-bond acceptors (Lipinski definition) is 2. The van der Waals surface area contributed by atoms with Crippen LogP contribution in [0.5, 0.6) is 0 Å². The van der Waals surface area contributed by atoms with Crippen LogP contribution in [0.3, 0.4) is 0 Å². The van der Waals surface area contributed by atoms with Crippen LogP contribution >= 0.6 is 0 Å². The largest absolute Gasteiger partial charge is 0.377 e. The fraction of sp³-hybridized carbons (Fsp3) is 0.562. The van der Waals surface area contributed by atoms with Crippen LogP contribution in [0, 0.1) is 5.92 Å². The first-order chi connectivity index (χ1) is 9.79. The lowest BCUT2D eigenvalue weighted by Gasteiger charge is -2.25. The number of rotatable bonds is 7. The van der Waals surface area contributed by atoms with Gasteiger partial charge in [-0.3, -0.25) is 0 Å². The van der Waals surface area contributed by atoms with Gasteiger partial charge >= 0.3 is 0 Å². The zero-order valence-corrected chi connectivity index (χ0v) is 12.3. The van der Waals surface area contributed by atoms with Crippen molar-refractivity contribution in [3.8, 4) is 0 Å². The molecule has 0 atom stereocenters. The lowest BCUT2D eigenvalue weighted by molar-refractivity contribution is 0.133. The van der Waals surface area contributed by atoms with E-state index in [2.05, 4.69) is 22.4 Å². The Balaban J connectivity index is 1.84. The fourth-order valence-corrected chi connectivity index (χ4v) is 2.24. The van der Waals surface area contributed by atoms with Gasteiger partial charge in [0, 0.05) is 13.2 Å². The third-order valence-electron chi connectivity index (χ3n) is 3.80. The van der Waals surface area contributed by atoms with E-state index in [1.165, 1.54) is 30.4 Å². The topological polar surface area (TPSA) is 59.6 Å². The lowest BCUT2D eigenvalue weighted by Crippen LogP contribution is -2.37. The summed E-state index contributed by atoms with van der Waals surface area (Å²) in [6.45, 7) is 4.92. The maximum absolute atomic E-state index is 5.91. The van der Waals surface area contributed by atoms with Gasteiger partial charge in [-0.15, -0.1) is 0 Å². The Labute approximate surface area is 121 Å². The van der Waals surface area contributed by atoms with Crippen LogP contribution < -0.4 is 11.1 Å². The minimum absolute atomic E-state index is 0.545. The molecule has 1 aliphatic carbocycles. The molecule has 1 aromatic rings. The van der Waals surface area contributed by atoms with Crippen molar-refractivity contribution in [2.24, 2.45) is 16.6 Å². The van der Waals surface area contributed by atoms with Gasteiger partial charge in [-0.2, -0.15) is 0 Å². The zero-order chi connectivity index (χ0) is 14.2. The summed E-state index contributed by atoms with van der Waals surface area (Å²) in [6.07, 6.45) is 3.99.